The van der Waals surface area contributed by atoms with E-state index in [1.807, 2.05) is 18.2 Å². The second-order valence-corrected chi connectivity index (χ2v) is 6.73. The summed E-state index contributed by atoms with van der Waals surface area (Å²) in [5.74, 6) is 0. The fraction of sp³-hybridized carbons (Fsp3) is 0.647. The van der Waals surface area contributed by atoms with E-state index in [1.165, 1.54) is 44.1 Å². The first-order chi connectivity index (χ1) is 9.69. The van der Waals surface area contributed by atoms with Gasteiger partial charge in [0.15, 0.2) is 0 Å². The Bertz CT molecular complexity index is 456. The predicted molar refractivity (Wildman–Crippen MR) is 83.2 cm³/mol. The molecule has 110 valence electrons. The summed E-state index contributed by atoms with van der Waals surface area (Å²) in [4.78, 5) is 0. The van der Waals surface area contributed by atoms with E-state index in [0.717, 1.165) is 11.6 Å². The molecule has 1 aromatic carbocycles. The zero-order chi connectivity index (χ0) is 14.0. The van der Waals surface area contributed by atoms with Crippen molar-refractivity contribution in [1.82, 2.24) is 5.32 Å². The van der Waals surface area contributed by atoms with Gasteiger partial charge in [-0.3, -0.25) is 0 Å². The van der Waals surface area contributed by atoms with Crippen LogP contribution in [0, 0.1) is 0 Å². The van der Waals surface area contributed by atoms with Crippen LogP contribution in [0.25, 0.3) is 0 Å². The van der Waals surface area contributed by atoms with Gasteiger partial charge in [0.2, 0.25) is 0 Å². The number of hydrogen-bond acceptors (Lipinski definition) is 2. The number of benzene rings is 1. The molecule has 2 aliphatic rings. The third-order valence-corrected chi connectivity index (χ3v) is 5.22. The molecule has 1 saturated carbocycles. The summed E-state index contributed by atoms with van der Waals surface area (Å²) in [6, 6.07) is 8.33. The van der Waals surface area contributed by atoms with Crippen LogP contribution in [-0.2, 0) is 4.74 Å². The molecule has 0 unspecified atom stereocenters. The topological polar surface area (TPSA) is 21.3 Å². The van der Waals surface area contributed by atoms with Crippen LogP contribution < -0.4 is 5.32 Å². The molecule has 1 N–H and O–H groups in total. The molecule has 1 aromatic rings. The normalized spacial score (nSPS) is 26.2. The monoisotopic (exact) mass is 293 g/mol. The minimum atomic E-state index is 0.236. The van der Waals surface area contributed by atoms with Gasteiger partial charge in [-0.2, -0.15) is 0 Å². The molecule has 3 rings (SSSR count). The van der Waals surface area contributed by atoms with Crippen molar-refractivity contribution in [2.75, 3.05) is 6.54 Å². The molecule has 1 aliphatic carbocycles. The number of ether oxygens (including phenoxy) is 1. The van der Waals surface area contributed by atoms with Gasteiger partial charge in [0.25, 0.3) is 0 Å². The lowest BCUT2D eigenvalue weighted by molar-refractivity contribution is -0.0357. The number of halogens is 1. The van der Waals surface area contributed by atoms with Crippen molar-refractivity contribution < 1.29 is 4.74 Å². The summed E-state index contributed by atoms with van der Waals surface area (Å²) < 4.78 is 6.33. The Morgan fingerprint density at radius 2 is 2.05 bits per heavy atom. The minimum absolute atomic E-state index is 0.236. The Kier molecular flexibility index (Phi) is 4.34. The summed E-state index contributed by atoms with van der Waals surface area (Å²) in [7, 11) is 0. The van der Waals surface area contributed by atoms with E-state index in [4.69, 9.17) is 16.3 Å². The van der Waals surface area contributed by atoms with Crippen molar-refractivity contribution in [3.63, 3.8) is 0 Å². The molecular weight excluding hydrogens is 270 g/mol. The zero-order valence-corrected chi connectivity index (χ0v) is 13.0. The van der Waals surface area contributed by atoms with Gasteiger partial charge >= 0.3 is 0 Å². The van der Waals surface area contributed by atoms with Gasteiger partial charge in [-0.05, 0) is 44.2 Å². The Labute approximate surface area is 126 Å². The minimum Gasteiger partial charge on any atom is -0.370 e. The Morgan fingerprint density at radius 1 is 1.30 bits per heavy atom. The molecule has 3 heteroatoms. The Morgan fingerprint density at radius 3 is 2.80 bits per heavy atom. The van der Waals surface area contributed by atoms with Crippen LogP contribution in [-0.4, -0.2) is 18.2 Å². The lowest BCUT2D eigenvalue weighted by atomic mass is 9.98. The summed E-state index contributed by atoms with van der Waals surface area (Å²) in [6.07, 6.45) is 8.04. The van der Waals surface area contributed by atoms with Crippen molar-refractivity contribution in [2.45, 2.75) is 63.2 Å². The van der Waals surface area contributed by atoms with Crippen LogP contribution in [0.15, 0.2) is 24.3 Å². The zero-order valence-electron chi connectivity index (χ0n) is 12.2. The highest BCUT2D eigenvalue weighted by molar-refractivity contribution is 6.31. The van der Waals surface area contributed by atoms with Crippen molar-refractivity contribution >= 4 is 11.6 Å². The van der Waals surface area contributed by atoms with E-state index in [-0.39, 0.29) is 11.6 Å². The molecule has 0 bridgehead atoms. The number of nitrogens with one attached hydrogen (secondary N) is 1. The van der Waals surface area contributed by atoms with Crippen LogP contribution in [0.2, 0.25) is 5.02 Å². The third kappa shape index (κ3) is 3.03. The number of hydrogen-bond donors (Lipinski definition) is 1. The maximum atomic E-state index is 6.33. The lowest BCUT2D eigenvalue weighted by Crippen LogP contribution is -2.32. The molecule has 0 amide bonds. The van der Waals surface area contributed by atoms with Gasteiger partial charge in [-0.1, -0.05) is 42.6 Å². The highest BCUT2D eigenvalue weighted by atomic mass is 35.5. The van der Waals surface area contributed by atoms with Gasteiger partial charge in [0, 0.05) is 17.6 Å². The molecule has 1 saturated heterocycles. The summed E-state index contributed by atoms with van der Waals surface area (Å²) >= 11 is 6.24. The standard InChI is InChI=1S/C17H24ClNO/c1-13(15-6-2-3-7-16(15)18)19-12-14-8-11-17(20-14)9-4-5-10-17/h2-3,6-7,13-14,19H,4-5,8-12H2,1H3/t13-,14+/m1/s1. The molecule has 0 aromatic heterocycles. The summed E-state index contributed by atoms with van der Waals surface area (Å²) in [6.45, 7) is 3.09. The van der Waals surface area contributed by atoms with Crippen molar-refractivity contribution in [3.8, 4) is 0 Å². The van der Waals surface area contributed by atoms with Crippen LogP contribution in [0.4, 0.5) is 0 Å². The second kappa shape index (κ2) is 6.05. The Hall–Kier alpha value is -0.570. The molecule has 0 radical (unpaired) electrons. The van der Waals surface area contributed by atoms with Crippen LogP contribution in [0.1, 0.15) is 57.1 Å². The summed E-state index contributed by atoms with van der Waals surface area (Å²) in [5, 5.41) is 4.42. The third-order valence-electron chi connectivity index (χ3n) is 4.88. The van der Waals surface area contributed by atoms with Crippen molar-refractivity contribution in [2.24, 2.45) is 0 Å². The van der Waals surface area contributed by atoms with E-state index in [2.05, 4.69) is 18.3 Å². The molecule has 2 atom stereocenters. The van der Waals surface area contributed by atoms with Crippen LogP contribution in [0.3, 0.4) is 0 Å². The maximum absolute atomic E-state index is 6.33. The molecule has 2 nitrogen and oxygen atoms in total. The molecule has 1 aliphatic heterocycles. The Balaban J connectivity index is 1.52. The van der Waals surface area contributed by atoms with Crippen molar-refractivity contribution in [3.05, 3.63) is 34.9 Å². The molecule has 20 heavy (non-hydrogen) atoms. The van der Waals surface area contributed by atoms with E-state index in [1.54, 1.807) is 0 Å². The van der Waals surface area contributed by atoms with Gasteiger partial charge in [0.05, 0.1) is 11.7 Å². The van der Waals surface area contributed by atoms with Gasteiger partial charge in [-0.15, -0.1) is 0 Å². The second-order valence-electron chi connectivity index (χ2n) is 6.32. The van der Waals surface area contributed by atoms with Gasteiger partial charge < -0.3 is 10.1 Å². The smallest absolute Gasteiger partial charge is 0.0708 e. The largest absolute Gasteiger partial charge is 0.370 e. The van der Waals surface area contributed by atoms with Crippen LogP contribution in [0.5, 0.6) is 0 Å². The van der Waals surface area contributed by atoms with E-state index in [0.29, 0.717) is 6.10 Å². The first kappa shape index (κ1) is 14.4. The first-order valence-corrected chi connectivity index (χ1v) is 8.22. The lowest BCUT2D eigenvalue weighted by Gasteiger charge is -2.25. The fourth-order valence-electron chi connectivity index (χ4n) is 3.67. The van der Waals surface area contributed by atoms with E-state index >= 15 is 0 Å². The van der Waals surface area contributed by atoms with E-state index in [9.17, 15) is 0 Å². The molecule has 1 heterocycles. The quantitative estimate of drug-likeness (QED) is 0.883. The molecule has 1 spiro atoms. The number of rotatable bonds is 4. The first-order valence-electron chi connectivity index (χ1n) is 7.84. The fourth-order valence-corrected chi connectivity index (χ4v) is 3.97. The average Bonchev–Trinajstić information content (AvgIpc) is 3.07. The predicted octanol–water partition coefficient (Wildman–Crippen LogP) is 4.48. The van der Waals surface area contributed by atoms with E-state index < -0.39 is 0 Å². The highest BCUT2D eigenvalue weighted by Crippen LogP contribution is 2.43. The SMILES string of the molecule is C[C@@H](NC[C@@H]1CCC2(CCCC2)O1)c1ccccc1Cl. The molecule has 2 fully saturated rings. The van der Waals surface area contributed by atoms with Crippen LogP contribution >= 0.6 is 11.6 Å². The van der Waals surface area contributed by atoms with Gasteiger partial charge in [0.1, 0.15) is 0 Å². The average molecular weight is 294 g/mol. The summed E-state index contributed by atoms with van der Waals surface area (Å²) in [5.41, 5.74) is 1.41. The van der Waals surface area contributed by atoms with Gasteiger partial charge in [-0.25, -0.2) is 0 Å². The van der Waals surface area contributed by atoms with Crippen molar-refractivity contribution in [1.29, 1.82) is 0 Å². The maximum Gasteiger partial charge on any atom is 0.0708 e. The highest BCUT2D eigenvalue weighted by Gasteiger charge is 2.41. The molecular formula is C17H24ClNO.